The summed E-state index contributed by atoms with van der Waals surface area (Å²) in [5, 5.41) is 12.9. The lowest BCUT2D eigenvalue weighted by molar-refractivity contribution is -0.379. The zero-order chi connectivity index (χ0) is 18.8. The summed E-state index contributed by atoms with van der Waals surface area (Å²) in [6, 6.07) is 22.6. The van der Waals surface area contributed by atoms with Crippen LogP contribution >= 0.6 is 11.3 Å². The molecule has 0 amide bonds. The monoisotopic (exact) mass is 371 g/mol. The molecule has 132 valence electrons. The maximum atomic E-state index is 11.7. The first-order valence-electron chi connectivity index (χ1n) is 8.89. The van der Waals surface area contributed by atoms with Gasteiger partial charge in [-0.2, -0.15) is 0 Å². The molecule has 0 radical (unpaired) electrons. The molecular formula is C23H17NO2S. The van der Waals surface area contributed by atoms with Crippen molar-refractivity contribution in [2.24, 2.45) is 0 Å². The second-order valence-corrected chi connectivity index (χ2v) is 8.50. The van der Waals surface area contributed by atoms with E-state index in [0.29, 0.717) is 0 Å². The minimum atomic E-state index is -0.257. The summed E-state index contributed by atoms with van der Waals surface area (Å²) in [6.07, 6.45) is 0. The average molecular weight is 371 g/mol. The minimum Gasteiger partial charge on any atom is -0.258 e. The Balaban J connectivity index is 1.79. The molecule has 0 unspecified atom stereocenters. The smallest absolute Gasteiger partial charge is 0.258 e. The fourth-order valence-corrected chi connectivity index (χ4v) is 5.34. The molecular weight excluding hydrogens is 354 g/mol. The predicted molar refractivity (Wildman–Crippen MR) is 111 cm³/mol. The van der Waals surface area contributed by atoms with Crippen molar-refractivity contribution in [1.29, 1.82) is 0 Å². The van der Waals surface area contributed by atoms with Crippen LogP contribution in [0.15, 0.2) is 66.7 Å². The van der Waals surface area contributed by atoms with Gasteiger partial charge in [-0.1, -0.05) is 79.8 Å². The first-order valence-corrected chi connectivity index (χ1v) is 9.71. The number of hydrogen-bond acceptors (Lipinski definition) is 3. The van der Waals surface area contributed by atoms with Gasteiger partial charge < -0.3 is 0 Å². The van der Waals surface area contributed by atoms with E-state index in [1.165, 1.54) is 33.6 Å². The van der Waals surface area contributed by atoms with Crippen molar-refractivity contribution in [3.63, 3.8) is 0 Å². The molecule has 1 aliphatic rings. The Hall–Kier alpha value is -2.98. The van der Waals surface area contributed by atoms with Gasteiger partial charge in [-0.3, -0.25) is 10.1 Å². The molecule has 0 fully saturated rings. The molecule has 0 aliphatic heterocycles. The van der Waals surface area contributed by atoms with Gasteiger partial charge in [0.15, 0.2) is 0 Å². The second-order valence-electron chi connectivity index (χ2n) is 7.47. The van der Waals surface area contributed by atoms with E-state index in [1.807, 2.05) is 30.3 Å². The van der Waals surface area contributed by atoms with Crippen LogP contribution in [0.5, 0.6) is 0 Å². The summed E-state index contributed by atoms with van der Waals surface area (Å²) >= 11 is 1.25. The molecule has 0 atom stereocenters. The van der Waals surface area contributed by atoms with E-state index in [1.54, 1.807) is 0 Å². The van der Waals surface area contributed by atoms with Gasteiger partial charge in [-0.25, -0.2) is 0 Å². The molecule has 0 saturated heterocycles. The van der Waals surface area contributed by atoms with Crippen LogP contribution in [0.2, 0.25) is 0 Å². The molecule has 0 saturated carbocycles. The van der Waals surface area contributed by atoms with Gasteiger partial charge in [0.25, 0.3) is 0 Å². The number of hydrogen-bond donors (Lipinski definition) is 0. The molecule has 0 bridgehead atoms. The summed E-state index contributed by atoms with van der Waals surface area (Å²) in [7, 11) is 0. The van der Waals surface area contributed by atoms with Gasteiger partial charge in [0.1, 0.15) is 0 Å². The summed E-state index contributed by atoms with van der Waals surface area (Å²) in [4.78, 5) is 11.5. The summed E-state index contributed by atoms with van der Waals surface area (Å²) in [5.41, 5.74) is 6.54. The molecule has 1 aromatic heterocycles. The highest BCUT2D eigenvalue weighted by atomic mass is 32.1. The molecule has 0 spiro atoms. The van der Waals surface area contributed by atoms with Crippen molar-refractivity contribution in [3.8, 4) is 22.3 Å². The van der Waals surface area contributed by atoms with E-state index in [4.69, 9.17) is 0 Å². The standard InChI is InChI=1S/C23H17NO2S/c1-23(2)18-9-5-3-7-15(18)16-12-11-14(13-19(16)23)21-17-8-4-6-10-20(17)27-22(21)24(25)26/h3-13H,1-2H3. The van der Waals surface area contributed by atoms with Gasteiger partial charge in [0, 0.05) is 15.5 Å². The number of nitrogens with zero attached hydrogens (tertiary/aromatic N) is 1. The van der Waals surface area contributed by atoms with E-state index in [9.17, 15) is 10.1 Å². The fourth-order valence-electron chi connectivity index (χ4n) is 4.30. The topological polar surface area (TPSA) is 43.1 Å². The SMILES string of the molecule is CC1(C)c2ccccc2-c2ccc(-c3c([N+](=O)[O-])sc4ccccc34)cc21. The molecule has 5 rings (SSSR count). The van der Waals surface area contributed by atoms with Crippen molar-refractivity contribution in [2.45, 2.75) is 19.3 Å². The Morgan fingerprint density at radius 3 is 2.41 bits per heavy atom. The average Bonchev–Trinajstić information content (AvgIpc) is 3.16. The largest absolute Gasteiger partial charge is 0.333 e. The lowest BCUT2D eigenvalue weighted by Gasteiger charge is -2.21. The minimum absolute atomic E-state index is 0.122. The van der Waals surface area contributed by atoms with Crippen LogP contribution in [-0.4, -0.2) is 4.92 Å². The third-order valence-corrected chi connectivity index (χ3v) is 6.74. The Labute approximate surface area is 161 Å². The van der Waals surface area contributed by atoms with Crippen LogP contribution in [0, 0.1) is 10.1 Å². The number of fused-ring (bicyclic) bond motifs is 4. The Morgan fingerprint density at radius 1 is 0.889 bits per heavy atom. The summed E-state index contributed by atoms with van der Waals surface area (Å²) in [6.45, 7) is 4.45. The van der Waals surface area contributed by atoms with Crippen molar-refractivity contribution >= 4 is 26.4 Å². The van der Waals surface area contributed by atoms with Crippen molar-refractivity contribution < 1.29 is 4.92 Å². The molecule has 4 aromatic rings. The first kappa shape index (κ1) is 16.2. The molecule has 0 N–H and O–H groups in total. The number of thiophene rings is 1. The highest BCUT2D eigenvalue weighted by Crippen LogP contribution is 2.51. The first-order chi connectivity index (χ1) is 13.0. The zero-order valence-electron chi connectivity index (χ0n) is 15.0. The lowest BCUT2D eigenvalue weighted by Crippen LogP contribution is -2.14. The van der Waals surface area contributed by atoms with Gasteiger partial charge in [0.2, 0.25) is 0 Å². The normalized spacial score (nSPS) is 14.1. The van der Waals surface area contributed by atoms with Gasteiger partial charge >= 0.3 is 5.00 Å². The number of benzene rings is 3. The molecule has 1 aliphatic carbocycles. The van der Waals surface area contributed by atoms with E-state index >= 15 is 0 Å². The van der Waals surface area contributed by atoms with E-state index in [2.05, 4.69) is 50.2 Å². The molecule has 3 nitrogen and oxygen atoms in total. The summed E-state index contributed by atoms with van der Waals surface area (Å²) < 4.78 is 0.947. The fraction of sp³-hybridized carbons (Fsp3) is 0.130. The summed E-state index contributed by atoms with van der Waals surface area (Å²) in [5.74, 6) is 0. The van der Waals surface area contributed by atoms with E-state index in [-0.39, 0.29) is 15.3 Å². The van der Waals surface area contributed by atoms with Gasteiger partial charge in [0.05, 0.1) is 10.5 Å². The van der Waals surface area contributed by atoms with E-state index < -0.39 is 0 Å². The Kier molecular flexibility index (Phi) is 3.31. The van der Waals surface area contributed by atoms with Crippen molar-refractivity contribution in [1.82, 2.24) is 0 Å². The maximum absolute atomic E-state index is 11.7. The van der Waals surface area contributed by atoms with Gasteiger partial charge in [-0.15, -0.1) is 0 Å². The van der Waals surface area contributed by atoms with Crippen LogP contribution in [0.3, 0.4) is 0 Å². The Bertz CT molecular complexity index is 1240. The number of nitro groups is 1. The zero-order valence-corrected chi connectivity index (χ0v) is 15.8. The van der Waals surface area contributed by atoms with Crippen LogP contribution in [-0.2, 0) is 5.41 Å². The van der Waals surface area contributed by atoms with Crippen molar-refractivity contribution in [2.75, 3.05) is 0 Å². The number of rotatable bonds is 2. The lowest BCUT2D eigenvalue weighted by atomic mass is 9.81. The van der Waals surface area contributed by atoms with E-state index in [0.717, 1.165) is 21.2 Å². The second kappa shape index (κ2) is 5.51. The van der Waals surface area contributed by atoms with Crippen LogP contribution < -0.4 is 0 Å². The predicted octanol–water partition coefficient (Wildman–Crippen LogP) is 6.78. The quantitative estimate of drug-likeness (QED) is 0.288. The van der Waals surface area contributed by atoms with Gasteiger partial charge in [-0.05, 0) is 39.9 Å². The third kappa shape index (κ3) is 2.20. The third-order valence-electron chi connectivity index (χ3n) is 5.61. The molecule has 27 heavy (non-hydrogen) atoms. The highest BCUT2D eigenvalue weighted by molar-refractivity contribution is 7.22. The maximum Gasteiger partial charge on any atom is 0.333 e. The van der Waals surface area contributed by atoms with Crippen LogP contribution in [0.1, 0.15) is 25.0 Å². The molecule has 1 heterocycles. The van der Waals surface area contributed by atoms with Crippen LogP contribution in [0.25, 0.3) is 32.3 Å². The van der Waals surface area contributed by atoms with Crippen LogP contribution in [0.4, 0.5) is 5.00 Å². The Morgan fingerprint density at radius 2 is 1.59 bits per heavy atom. The molecule has 3 aromatic carbocycles. The highest BCUT2D eigenvalue weighted by Gasteiger charge is 2.36. The molecule has 4 heteroatoms. The van der Waals surface area contributed by atoms with Crippen molar-refractivity contribution in [3.05, 3.63) is 88.0 Å².